The van der Waals surface area contributed by atoms with Crippen LogP contribution in [0.4, 0.5) is 0 Å². The Bertz CT molecular complexity index is 379. The zero-order valence-corrected chi connectivity index (χ0v) is 9.55. The van der Waals surface area contributed by atoms with Crippen LogP contribution in [0.25, 0.3) is 0 Å². The summed E-state index contributed by atoms with van der Waals surface area (Å²) in [5, 5.41) is 8.72. The van der Waals surface area contributed by atoms with Gasteiger partial charge < -0.3 is 5.73 Å². The average Bonchev–Trinajstić information content (AvgIpc) is 2.17. The monoisotopic (exact) mass is 222 g/mol. The molecule has 2 nitrogen and oxygen atoms in total. The quantitative estimate of drug-likeness (QED) is 0.800. The van der Waals surface area contributed by atoms with Crippen molar-refractivity contribution in [2.24, 2.45) is 5.73 Å². The molecule has 0 aliphatic heterocycles. The Balaban J connectivity index is 0.00000196. The minimum absolute atomic E-state index is 0. The lowest BCUT2D eigenvalue weighted by Crippen LogP contribution is -2.10. The second-order valence-corrected chi connectivity index (χ2v) is 3.50. The summed E-state index contributed by atoms with van der Waals surface area (Å²) in [5.74, 6) is 0. The Morgan fingerprint density at radius 1 is 1.60 bits per heavy atom. The topological polar surface area (TPSA) is 49.8 Å². The highest BCUT2D eigenvalue weighted by atomic mass is 35.5. The Hall–Kier alpha value is -1.30. The molecule has 0 fully saturated rings. The molecular weight excluding hydrogens is 208 g/mol. The van der Waals surface area contributed by atoms with Gasteiger partial charge in [-0.1, -0.05) is 17.7 Å². The Morgan fingerprint density at radius 3 is 2.80 bits per heavy atom. The van der Waals surface area contributed by atoms with Crippen molar-refractivity contribution in [2.45, 2.75) is 19.4 Å². The second-order valence-electron chi connectivity index (χ2n) is 3.50. The van der Waals surface area contributed by atoms with Crippen LogP contribution in [0.3, 0.4) is 0 Å². The van der Waals surface area contributed by atoms with E-state index in [0.29, 0.717) is 5.56 Å². The van der Waals surface area contributed by atoms with Gasteiger partial charge in [-0.2, -0.15) is 5.26 Å². The molecule has 0 aliphatic carbocycles. The van der Waals surface area contributed by atoms with Crippen molar-refractivity contribution < 1.29 is 0 Å². The van der Waals surface area contributed by atoms with Crippen molar-refractivity contribution in [1.29, 1.82) is 5.26 Å². The molecule has 80 valence electrons. The lowest BCUT2D eigenvalue weighted by atomic mass is 10.00. The van der Waals surface area contributed by atoms with Gasteiger partial charge in [0.1, 0.15) is 0 Å². The van der Waals surface area contributed by atoms with Crippen LogP contribution in [-0.2, 0) is 0 Å². The number of hydrogen-bond donors (Lipinski definition) is 1. The number of nitriles is 1. The maximum Gasteiger partial charge on any atom is 0.0991 e. The largest absolute Gasteiger partial charge is 0.324 e. The van der Waals surface area contributed by atoms with Crippen molar-refractivity contribution in [1.82, 2.24) is 0 Å². The van der Waals surface area contributed by atoms with E-state index in [9.17, 15) is 0 Å². The van der Waals surface area contributed by atoms with E-state index in [1.165, 1.54) is 0 Å². The van der Waals surface area contributed by atoms with E-state index in [4.69, 9.17) is 11.0 Å². The van der Waals surface area contributed by atoms with E-state index in [0.717, 1.165) is 17.6 Å². The first-order chi connectivity index (χ1) is 6.63. The summed E-state index contributed by atoms with van der Waals surface area (Å²) in [5.41, 5.74) is 8.65. The molecule has 0 unspecified atom stereocenters. The number of hydrogen-bond acceptors (Lipinski definition) is 2. The third kappa shape index (κ3) is 4.16. The SMILES string of the molecule is C=C(C)C[C@H](N)c1cccc(C#N)c1.Cl. The molecule has 1 aromatic carbocycles. The molecule has 0 saturated carbocycles. The minimum atomic E-state index is -0.0548. The highest BCUT2D eigenvalue weighted by molar-refractivity contribution is 5.85. The molecule has 1 rings (SSSR count). The maximum absolute atomic E-state index is 8.72. The van der Waals surface area contributed by atoms with Gasteiger partial charge in [-0.15, -0.1) is 19.0 Å². The van der Waals surface area contributed by atoms with Gasteiger partial charge in [0.15, 0.2) is 0 Å². The van der Waals surface area contributed by atoms with Gasteiger partial charge in [-0.25, -0.2) is 0 Å². The molecule has 1 atom stereocenters. The van der Waals surface area contributed by atoms with Gasteiger partial charge >= 0.3 is 0 Å². The predicted octanol–water partition coefficient (Wildman–Crippen LogP) is 2.95. The van der Waals surface area contributed by atoms with Crippen LogP contribution >= 0.6 is 12.4 Å². The Labute approximate surface area is 96.8 Å². The predicted molar refractivity (Wildman–Crippen MR) is 64.8 cm³/mol. The van der Waals surface area contributed by atoms with Gasteiger partial charge in [-0.3, -0.25) is 0 Å². The standard InChI is InChI=1S/C12H14N2.ClH/c1-9(2)6-12(14)11-5-3-4-10(7-11)8-13;/h3-5,7,12H,1,6,14H2,2H3;1H/t12-;/m0./s1. The first-order valence-corrected chi connectivity index (χ1v) is 4.53. The fourth-order valence-corrected chi connectivity index (χ4v) is 1.33. The third-order valence-corrected chi connectivity index (χ3v) is 2.01. The first kappa shape index (κ1) is 13.7. The molecule has 2 N–H and O–H groups in total. The van der Waals surface area contributed by atoms with Crippen LogP contribution in [-0.4, -0.2) is 0 Å². The smallest absolute Gasteiger partial charge is 0.0991 e. The number of halogens is 1. The van der Waals surface area contributed by atoms with Gasteiger partial charge in [0, 0.05) is 6.04 Å². The molecule has 1 aromatic rings. The Kier molecular flexibility index (Phi) is 5.69. The lowest BCUT2D eigenvalue weighted by molar-refractivity contribution is 0.717. The molecule has 0 aromatic heterocycles. The second kappa shape index (κ2) is 6.23. The summed E-state index contributed by atoms with van der Waals surface area (Å²) >= 11 is 0. The molecule has 0 spiro atoms. The van der Waals surface area contributed by atoms with Gasteiger partial charge in [0.05, 0.1) is 11.6 Å². The van der Waals surface area contributed by atoms with Gasteiger partial charge in [0.2, 0.25) is 0 Å². The van der Waals surface area contributed by atoms with Crippen molar-refractivity contribution in [3.8, 4) is 6.07 Å². The molecule has 0 amide bonds. The zero-order chi connectivity index (χ0) is 10.6. The van der Waals surface area contributed by atoms with Crippen molar-refractivity contribution in [3.63, 3.8) is 0 Å². The minimum Gasteiger partial charge on any atom is -0.324 e. The fourth-order valence-electron chi connectivity index (χ4n) is 1.33. The van der Waals surface area contributed by atoms with Gasteiger partial charge in [-0.05, 0) is 31.0 Å². The summed E-state index contributed by atoms with van der Waals surface area (Å²) in [6.45, 7) is 5.77. The van der Waals surface area contributed by atoms with E-state index < -0.39 is 0 Å². The van der Waals surface area contributed by atoms with E-state index in [2.05, 4.69) is 12.6 Å². The molecule has 0 saturated heterocycles. The van der Waals surface area contributed by atoms with Crippen LogP contribution in [0.2, 0.25) is 0 Å². The number of benzene rings is 1. The van der Waals surface area contributed by atoms with Crippen LogP contribution < -0.4 is 5.73 Å². The molecule has 0 radical (unpaired) electrons. The van der Waals surface area contributed by atoms with Crippen LogP contribution in [0, 0.1) is 11.3 Å². The number of rotatable bonds is 3. The van der Waals surface area contributed by atoms with E-state index in [1.807, 2.05) is 25.1 Å². The normalized spacial score (nSPS) is 11.0. The van der Waals surface area contributed by atoms with Crippen molar-refractivity contribution in [2.75, 3.05) is 0 Å². The van der Waals surface area contributed by atoms with Crippen LogP contribution in [0.1, 0.15) is 30.5 Å². The van der Waals surface area contributed by atoms with E-state index in [1.54, 1.807) is 6.07 Å². The summed E-state index contributed by atoms with van der Waals surface area (Å²) in [4.78, 5) is 0. The highest BCUT2D eigenvalue weighted by Crippen LogP contribution is 2.18. The molecule has 0 bridgehead atoms. The fraction of sp³-hybridized carbons (Fsp3) is 0.250. The van der Waals surface area contributed by atoms with Crippen LogP contribution in [0.15, 0.2) is 36.4 Å². The van der Waals surface area contributed by atoms with Gasteiger partial charge in [0.25, 0.3) is 0 Å². The molecule has 0 heterocycles. The first-order valence-electron chi connectivity index (χ1n) is 4.53. The summed E-state index contributed by atoms with van der Waals surface area (Å²) in [6.07, 6.45) is 0.759. The number of nitrogens with two attached hydrogens (primary N) is 1. The van der Waals surface area contributed by atoms with Crippen molar-refractivity contribution in [3.05, 3.63) is 47.5 Å². The average molecular weight is 223 g/mol. The molecule has 0 aliphatic rings. The Morgan fingerprint density at radius 2 is 2.27 bits per heavy atom. The zero-order valence-electron chi connectivity index (χ0n) is 8.73. The van der Waals surface area contributed by atoms with Crippen molar-refractivity contribution >= 4 is 12.4 Å². The summed E-state index contributed by atoms with van der Waals surface area (Å²) < 4.78 is 0. The molecular formula is C12H15ClN2. The van der Waals surface area contributed by atoms with Crippen LogP contribution in [0.5, 0.6) is 0 Å². The highest BCUT2D eigenvalue weighted by Gasteiger charge is 2.06. The lowest BCUT2D eigenvalue weighted by Gasteiger charge is -2.11. The summed E-state index contributed by atoms with van der Waals surface area (Å²) in [6, 6.07) is 9.44. The molecule has 15 heavy (non-hydrogen) atoms. The third-order valence-electron chi connectivity index (χ3n) is 2.01. The summed E-state index contributed by atoms with van der Waals surface area (Å²) in [7, 11) is 0. The molecule has 3 heteroatoms. The number of nitrogens with zero attached hydrogens (tertiary/aromatic N) is 1. The van der Waals surface area contributed by atoms with E-state index in [-0.39, 0.29) is 18.4 Å². The van der Waals surface area contributed by atoms with E-state index >= 15 is 0 Å². The maximum atomic E-state index is 8.72.